The first-order valence-corrected chi connectivity index (χ1v) is 15.2. The van der Waals surface area contributed by atoms with Crippen LogP contribution >= 0.6 is 0 Å². The van der Waals surface area contributed by atoms with Gasteiger partial charge in [-0.25, -0.2) is 4.98 Å². The van der Waals surface area contributed by atoms with Crippen LogP contribution in [0.5, 0.6) is 0 Å². The van der Waals surface area contributed by atoms with Crippen LogP contribution in [0.3, 0.4) is 0 Å². The fourth-order valence-electron chi connectivity index (χ4n) is 6.12. The summed E-state index contributed by atoms with van der Waals surface area (Å²) in [6.07, 6.45) is 3.58. The van der Waals surface area contributed by atoms with Gasteiger partial charge in [0.2, 0.25) is 0 Å². The second-order valence-electron chi connectivity index (χ2n) is 11.2. The van der Waals surface area contributed by atoms with Gasteiger partial charge in [-0.15, -0.1) is 0 Å². The second-order valence-corrected chi connectivity index (χ2v) is 11.2. The molecule has 0 atom stereocenters. The Hall–Kier alpha value is -6.44. The fraction of sp³-hybridized carbons (Fsp3) is 0. The van der Waals surface area contributed by atoms with Crippen LogP contribution in [0.2, 0.25) is 0 Å². The van der Waals surface area contributed by atoms with Gasteiger partial charge in [0.1, 0.15) is 0 Å². The Balaban J connectivity index is 1.24. The standard InChI is InChI=1S/C42H26N4/c43-27-28-11-13-30(14-12-28)42-36-8-2-1-7-29(36)19-20-37(42)34-18-17-31-23-33(16-15-32(31)24-34)35-25-40(38-9-3-5-21-44-38)46-41(26-35)39-10-4-6-22-45-39/h1-26H. The molecule has 0 aliphatic carbocycles. The Morgan fingerprint density at radius 1 is 0.435 bits per heavy atom. The molecule has 0 saturated carbocycles. The van der Waals surface area contributed by atoms with Crippen molar-refractivity contribution in [2.45, 2.75) is 0 Å². The van der Waals surface area contributed by atoms with Crippen LogP contribution in [0.15, 0.2) is 158 Å². The van der Waals surface area contributed by atoms with Gasteiger partial charge in [-0.1, -0.05) is 84.9 Å². The third-order valence-corrected chi connectivity index (χ3v) is 8.40. The highest BCUT2D eigenvalue weighted by molar-refractivity contribution is 6.05. The molecule has 0 aliphatic heterocycles. The molecule has 8 rings (SSSR count). The Labute approximate surface area is 266 Å². The Morgan fingerprint density at radius 3 is 1.67 bits per heavy atom. The maximum Gasteiger partial charge on any atom is 0.0991 e. The predicted molar refractivity (Wildman–Crippen MR) is 187 cm³/mol. The number of hydrogen-bond acceptors (Lipinski definition) is 4. The summed E-state index contributed by atoms with van der Waals surface area (Å²) in [7, 11) is 0. The van der Waals surface area contributed by atoms with Crippen molar-refractivity contribution < 1.29 is 0 Å². The van der Waals surface area contributed by atoms with E-state index in [1.54, 1.807) is 12.4 Å². The first-order valence-electron chi connectivity index (χ1n) is 15.2. The highest BCUT2D eigenvalue weighted by Gasteiger charge is 2.14. The van der Waals surface area contributed by atoms with Gasteiger partial charge >= 0.3 is 0 Å². The van der Waals surface area contributed by atoms with Crippen molar-refractivity contribution in [1.29, 1.82) is 5.26 Å². The molecule has 0 spiro atoms. The lowest BCUT2D eigenvalue weighted by atomic mass is 9.88. The van der Waals surface area contributed by atoms with Crippen LogP contribution in [0.25, 0.3) is 77.7 Å². The fourth-order valence-corrected chi connectivity index (χ4v) is 6.12. The third-order valence-electron chi connectivity index (χ3n) is 8.40. The van der Waals surface area contributed by atoms with Crippen LogP contribution in [-0.2, 0) is 0 Å². The molecule has 3 aromatic heterocycles. The molecule has 0 aliphatic rings. The smallest absolute Gasteiger partial charge is 0.0991 e. The monoisotopic (exact) mass is 586 g/mol. The molecule has 0 N–H and O–H groups in total. The van der Waals surface area contributed by atoms with Crippen molar-refractivity contribution in [2.24, 2.45) is 0 Å². The van der Waals surface area contributed by atoms with Gasteiger partial charge in [-0.3, -0.25) is 9.97 Å². The van der Waals surface area contributed by atoms with Crippen molar-refractivity contribution in [3.05, 3.63) is 164 Å². The number of aromatic nitrogens is 3. The van der Waals surface area contributed by atoms with E-state index in [1.807, 2.05) is 60.7 Å². The van der Waals surface area contributed by atoms with Gasteiger partial charge in [0.05, 0.1) is 34.4 Å². The summed E-state index contributed by atoms with van der Waals surface area (Å²) in [5, 5.41) is 14.0. The van der Waals surface area contributed by atoms with Crippen molar-refractivity contribution >= 4 is 21.5 Å². The second kappa shape index (κ2) is 11.6. The van der Waals surface area contributed by atoms with Crippen molar-refractivity contribution in [3.8, 4) is 62.2 Å². The topological polar surface area (TPSA) is 62.5 Å². The van der Waals surface area contributed by atoms with E-state index in [0.717, 1.165) is 61.4 Å². The number of nitriles is 1. The Morgan fingerprint density at radius 2 is 1.02 bits per heavy atom. The van der Waals surface area contributed by atoms with Crippen LogP contribution in [0, 0.1) is 11.3 Å². The van der Waals surface area contributed by atoms with Gasteiger partial charge in [-0.05, 0) is 116 Å². The van der Waals surface area contributed by atoms with E-state index < -0.39 is 0 Å². The highest BCUT2D eigenvalue weighted by Crippen LogP contribution is 2.40. The van der Waals surface area contributed by atoms with Gasteiger partial charge in [0.25, 0.3) is 0 Å². The molecular formula is C42H26N4. The number of hydrogen-bond donors (Lipinski definition) is 0. The summed E-state index contributed by atoms with van der Waals surface area (Å²) in [5.74, 6) is 0. The highest BCUT2D eigenvalue weighted by atomic mass is 14.8. The van der Waals surface area contributed by atoms with Gasteiger partial charge in [0.15, 0.2) is 0 Å². The summed E-state index contributed by atoms with van der Waals surface area (Å²) in [6, 6.07) is 52.2. The normalized spacial score (nSPS) is 11.0. The molecule has 214 valence electrons. The molecule has 0 bridgehead atoms. The molecule has 4 heteroatoms. The minimum absolute atomic E-state index is 0.653. The number of fused-ring (bicyclic) bond motifs is 2. The predicted octanol–water partition coefficient (Wildman–Crippen LogP) is 10.4. The molecule has 4 nitrogen and oxygen atoms in total. The minimum Gasteiger partial charge on any atom is -0.255 e. The van der Waals surface area contributed by atoms with Crippen LogP contribution < -0.4 is 0 Å². The van der Waals surface area contributed by atoms with E-state index >= 15 is 0 Å². The maximum absolute atomic E-state index is 9.37. The van der Waals surface area contributed by atoms with Gasteiger partial charge < -0.3 is 0 Å². The number of nitrogens with zero attached hydrogens (tertiary/aromatic N) is 4. The molecule has 8 aromatic rings. The third kappa shape index (κ3) is 5.06. The first kappa shape index (κ1) is 27.1. The minimum atomic E-state index is 0.653. The molecule has 0 fully saturated rings. The molecule has 0 radical (unpaired) electrons. The molecule has 0 amide bonds. The number of pyridine rings is 3. The lowest BCUT2D eigenvalue weighted by molar-refractivity contribution is 1.22. The van der Waals surface area contributed by atoms with E-state index in [1.165, 1.54) is 16.3 Å². The molecule has 46 heavy (non-hydrogen) atoms. The molecular weight excluding hydrogens is 560 g/mol. The lowest BCUT2D eigenvalue weighted by Gasteiger charge is -2.15. The zero-order valence-corrected chi connectivity index (χ0v) is 24.8. The van der Waals surface area contributed by atoms with Crippen LogP contribution in [0.4, 0.5) is 0 Å². The quantitative estimate of drug-likeness (QED) is 0.201. The van der Waals surface area contributed by atoms with E-state index in [-0.39, 0.29) is 0 Å². The summed E-state index contributed by atoms with van der Waals surface area (Å²) < 4.78 is 0. The first-order chi connectivity index (χ1) is 22.7. The summed E-state index contributed by atoms with van der Waals surface area (Å²) in [6.45, 7) is 0. The van der Waals surface area contributed by atoms with Crippen molar-refractivity contribution in [3.63, 3.8) is 0 Å². The average molecular weight is 587 g/mol. The number of benzene rings is 5. The van der Waals surface area contributed by atoms with Gasteiger partial charge in [-0.2, -0.15) is 5.26 Å². The average Bonchev–Trinajstić information content (AvgIpc) is 3.14. The van der Waals surface area contributed by atoms with Crippen LogP contribution in [0.1, 0.15) is 5.56 Å². The van der Waals surface area contributed by atoms with E-state index in [2.05, 4.69) is 101 Å². The molecule has 0 unspecified atom stereocenters. The zero-order chi connectivity index (χ0) is 30.9. The molecule has 3 heterocycles. The van der Waals surface area contributed by atoms with Gasteiger partial charge in [0, 0.05) is 12.4 Å². The van der Waals surface area contributed by atoms with E-state index in [0.29, 0.717) is 5.56 Å². The summed E-state index contributed by atoms with van der Waals surface area (Å²) in [5.41, 5.74) is 10.6. The maximum atomic E-state index is 9.37. The summed E-state index contributed by atoms with van der Waals surface area (Å²) >= 11 is 0. The molecule has 0 saturated heterocycles. The Bertz CT molecular complexity index is 2350. The summed E-state index contributed by atoms with van der Waals surface area (Å²) in [4.78, 5) is 14.1. The lowest BCUT2D eigenvalue weighted by Crippen LogP contribution is -1.94. The molecule has 5 aromatic carbocycles. The van der Waals surface area contributed by atoms with E-state index in [4.69, 9.17) is 4.98 Å². The largest absolute Gasteiger partial charge is 0.255 e. The van der Waals surface area contributed by atoms with Crippen molar-refractivity contribution in [2.75, 3.05) is 0 Å². The number of rotatable bonds is 5. The SMILES string of the molecule is N#Cc1ccc(-c2c(-c3ccc4cc(-c5cc(-c6ccccn6)nc(-c6ccccn6)c5)ccc4c3)ccc3ccccc23)cc1. The van der Waals surface area contributed by atoms with Crippen molar-refractivity contribution in [1.82, 2.24) is 15.0 Å². The zero-order valence-electron chi connectivity index (χ0n) is 24.8. The Kier molecular flexibility index (Phi) is 6.83. The van der Waals surface area contributed by atoms with Crippen LogP contribution in [-0.4, -0.2) is 15.0 Å². The van der Waals surface area contributed by atoms with E-state index in [9.17, 15) is 5.26 Å².